The largest absolute Gasteiger partial charge is 0.482 e. The minimum absolute atomic E-state index is 0.755. The van der Waals surface area contributed by atoms with Gasteiger partial charge < -0.3 is 4.74 Å². The highest BCUT2D eigenvalue weighted by Gasteiger charge is 2.00. The van der Waals surface area contributed by atoms with Crippen LogP contribution >= 0.6 is 11.9 Å². The van der Waals surface area contributed by atoms with Gasteiger partial charge in [-0.15, -0.1) is 0 Å². The molecule has 0 aromatic heterocycles. The van der Waals surface area contributed by atoms with E-state index in [1.54, 1.807) is 19.1 Å². The Balaban J connectivity index is 2.36. The summed E-state index contributed by atoms with van der Waals surface area (Å²) >= 11 is 1.58. The molecular formula is C4H6NOS. The number of hydrogen-bond donors (Lipinski definition) is 1. The monoisotopic (exact) mass is 116 g/mol. The van der Waals surface area contributed by atoms with Crippen molar-refractivity contribution in [2.24, 2.45) is 0 Å². The standard InChI is InChI=1S/C4H6NOS/c1-6-4-2-3-7-5-4/h5H,3H2,1H3. The Morgan fingerprint density at radius 1 is 2.00 bits per heavy atom. The van der Waals surface area contributed by atoms with E-state index in [0.29, 0.717) is 0 Å². The van der Waals surface area contributed by atoms with E-state index >= 15 is 0 Å². The Labute approximate surface area is 47.1 Å². The normalized spacial score (nSPS) is 18.1. The minimum Gasteiger partial charge on any atom is -0.482 e. The van der Waals surface area contributed by atoms with Crippen molar-refractivity contribution in [3.8, 4) is 0 Å². The van der Waals surface area contributed by atoms with Crippen molar-refractivity contribution in [2.75, 3.05) is 12.9 Å². The van der Waals surface area contributed by atoms with Crippen molar-refractivity contribution >= 4 is 11.9 Å². The second-order valence-corrected chi connectivity index (χ2v) is 1.88. The van der Waals surface area contributed by atoms with Crippen molar-refractivity contribution in [3.05, 3.63) is 12.0 Å². The molecule has 2 nitrogen and oxygen atoms in total. The van der Waals surface area contributed by atoms with Crippen LogP contribution in [0.1, 0.15) is 0 Å². The average Bonchev–Trinajstić information content (AvgIpc) is 2.14. The third kappa shape index (κ3) is 1.03. The van der Waals surface area contributed by atoms with E-state index in [0.717, 1.165) is 11.6 Å². The molecule has 0 aliphatic carbocycles. The van der Waals surface area contributed by atoms with Crippen molar-refractivity contribution in [2.45, 2.75) is 0 Å². The summed E-state index contributed by atoms with van der Waals surface area (Å²) < 4.78 is 7.69. The number of hydrogen-bond acceptors (Lipinski definition) is 3. The molecule has 0 spiro atoms. The molecule has 0 bridgehead atoms. The van der Waals surface area contributed by atoms with Crippen LogP contribution in [-0.2, 0) is 4.74 Å². The van der Waals surface area contributed by atoms with Crippen LogP contribution in [0.5, 0.6) is 0 Å². The third-order valence-corrected chi connectivity index (χ3v) is 1.29. The SMILES string of the molecule is COC1=[C]CSN1. The summed E-state index contributed by atoms with van der Waals surface area (Å²) in [5, 5.41) is 0. The molecule has 0 amide bonds. The quantitative estimate of drug-likeness (QED) is 0.505. The first-order valence-corrected chi connectivity index (χ1v) is 2.94. The summed E-state index contributed by atoms with van der Waals surface area (Å²) in [7, 11) is 1.63. The fourth-order valence-corrected chi connectivity index (χ4v) is 0.915. The van der Waals surface area contributed by atoms with E-state index in [1.165, 1.54) is 0 Å². The molecule has 1 N–H and O–H groups in total. The van der Waals surface area contributed by atoms with Crippen LogP contribution in [0.2, 0.25) is 0 Å². The molecule has 0 aromatic carbocycles. The summed E-state index contributed by atoms with van der Waals surface area (Å²) in [6, 6.07) is 0. The molecule has 0 aromatic rings. The maximum absolute atomic E-state index is 4.78. The zero-order valence-corrected chi connectivity index (χ0v) is 4.84. The number of nitrogens with one attached hydrogen (secondary N) is 1. The summed E-state index contributed by atoms with van der Waals surface area (Å²) in [6.45, 7) is 0. The molecule has 3 heteroatoms. The van der Waals surface area contributed by atoms with Crippen LogP contribution in [0.15, 0.2) is 5.88 Å². The van der Waals surface area contributed by atoms with Gasteiger partial charge in [0.25, 0.3) is 0 Å². The lowest BCUT2D eigenvalue weighted by atomic mass is 10.7. The van der Waals surface area contributed by atoms with E-state index in [-0.39, 0.29) is 0 Å². The molecule has 0 unspecified atom stereocenters. The summed E-state index contributed by atoms with van der Waals surface area (Å²) in [4.78, 5) is 0. The Morgan fingerprint density at radius 2 is 2.86 bits per heavy atom. The predicted octanol–water partition coefficient (Wildman–Crippen LogP) is 0.529. The van der Waals surface area contributed by atoms with Gasteiger partial charge in [-0.25, -0.2) is 0 Å². The first-order chi connectivity index (χ1) is 3.43. The van der Waals surface area contributed by atoms with Crippen LogP contribution in [0, 0.1) is 6.08 Å². The van der Waals surface area contributed by atoms with Crippen molar-refractivity contribution in [3.63, 3.8) is 0 Å². The Kier molecular flexibility index (Phi) is 1.46. The molecule has 1 heterocycles. The number of rotatable bonds is 1. The van der Waals surface area contributed by atoms with Crippen molar-refractivity contribution < 1.29 is 4.74 Å². The van der Waals surface area contributed by atoms with Crippen molar-refractivity contribution in [1.82, 2.24) is 4.72 Å². The summed E-state index contributed by atoms with van der Waals surface area (Å²) in [5.74, 6) is 1.65. The number of ether oxygens (including phenoxy) is 1. The predicted molar refractivity (Wildman–Crippen MR) is 29.4 cm³/mol. The molecule has 39 valence electrons. The van der Waals surface area contributed by atoms with Gasteiger partial charge in [-0.1, -0.05) is 0 Å². The maximum Gasteiger partial charge on any atom is 0.201 e. The Hall–Kier alpha value is -0.310. The zero-order valence-electron chi connectivity index (χ0n) is 4.02. The highest BCUT2D eigenvalue weighted by atomic mass is 32.2. The first kappa shape index (κ1) is 4.84. The van der Waals surface area contributed by atoms with Gasteiger partial charge in [0.05, 0.1) is 7.11 Å². The van der Waals surface area contributed by atoms with Crippen molar-refractivity contribution in [1.29, 1.82) is 0 Å². The first-order valence-electron chi connectivity index (χ1n) is 1.96. The molecule has 1 aliphatic rings. The zero-order chi connectivity index (χ0) is 5.11. The van der Waals surface area contributed by atoms with Gasteiger partial charge in [0.1, 0.15) is 0 Å². The highest BCUT2D eigenvalue weighted by molar-refractivity contribution is 7.97. The van der Waals surface area contributed by atoms with Crippen LogP contribution in [-0.4, -0.2) is 12.9 Å². The van der Waals surface area contributed by atoms with Crippen LogP contribution in [0.3, 0.4) is 0 Å². The molecule has 7 heavy (non-hydrogen) atoms. The van der Waals surface area contributed by atoms with Crippen LogP contribution in [0.25, 0.3) is 0 Å². The Bertz CT molecular complexity index is 91.7. The van der Waals surface area contributed by atoms with E-state index in [1.807, 2.05) is 0 Å². The molecule has 0 saturated carbocycles. The van der Waals surface area contributed by atoms with Gasteiger partial charge in [-0.05, 0) is 11.9 Å². The molecule has 1 rings (SSSR count). The van der Waals surface area contributed by atoms with E-state index < -0.39 is 0 Å². The molecular weight excluding hydrogens is 110 g/mol. The lowest BCUT2D eigenvalue weighted by Gasteiger charge is -1.96. The van der Waals surface area contributed by atoms with Gasteiger partial charge in [0.2, 0.25) is 5.88 Å². The number of methoxy groups -OCH3 is 1. The van der Waals surface area contributed by atoms with Gasteiger partial charge in [0, 0.05) is 11.8 Å². The summed E-state index contributed by atoms with van der Waals surface area (Å²) in [5.41, 5.74) is 0. The second kappa shape index (κ2) is 2.12. The van der Waals surface area contributed by atoms with E-state index in [9.17, 15) is 0 Å². The van der Waals surface area contributed by atoms with E-state index in [2.05, 4.69) is 10.8 Å². The van der Waals surface area contributed by atoms with Gasteiger partial charge in [-0.2, -0.15) is 0 Å². The topological polar surface area (TPSA) is 21.3 Å². The van der Waals surface area contributed by atoms with Gasteiger partial charge in [-0.3, -0.25) is 4.72 Å². The van der Waals surface area contributed by atoms with E-state index in [4.69, 9.17) is 4.74 Å². The third-order valence-electron chi connectivity index (χ3n) is 0.674. The fraction of sp³-hybridized carbons (Fsp3) is 0.500. The van der Waals surface area contributed by atoms with Crippen LogP contribution < -0.4 is 4.72 Å². The highest BCUT2D eigenvalue weighted by Crippen LogP contribution is 2.07. The van der Waals surface area contributed by atoms with Gasteiger partial charge >= 0.3 is 0 Å². The molecule has 1 aliphatic heterocycles. The second-order valence-electron chi connectivity index (χ2n) is 1.10. The molecule has 0 atom stereocenters. The van der Waals surface area contributed by atoms with Crippen LogP contribution in [0.4, 0.5) is 0 Å². The molecule has 0 fully saturated rings. The minimum atomic E-state index is 0.755. The maximum atomic E-state index is 4.78. The lowest BCUT2D eigenvalue weighted by Crippen LogP contribution is -1.97. The van der Waals surface area contributed by atoms with Gasteiger partial charge in [0.15, 0.2) is 0 Å². The smallest absolute Gasteiger partial charge is 0.201 e. The average molecular weight is 116 g/mol. The Morgan fingerprint density at radius 3 is 3.14 bits per heavy atom. The lowest BCUT2D eigenvalue weighted by molar-refractivity contribution is 0.279. The molecule has 0 saturated heterocycles. The summed E-state index contributed by atoms with van der Waals surface area (Å²) in [6.07, 6.45) is 2.95. The fourth-order valence-electron chi connectivity index (χ4n) is 0.353. The molecule has 1 radical (unpaired) electrons.